The quantitative estimate of drug-likeness (QED) is 0.364. The van der Waals surface area contributed by atoms with E-state index >= 15 is 0 Å². The molecule has 0 bridgehead atoms. The van der Waals surface area contributed by atoms with E-state index in [2.05, 4.69) is 26.2 Å². The Balaban J connectivity index is 1.40. The van der Waals surface area contributed by atoms with Gasteiger partial charge in [0, 0.05) is 18.6 Å². The lowest BCUT2D eigenvalue weighted by Crippen LogP contribution is -2.71. The first-order valence-electron chi connectivity index (χ1n) is 8.77. The second kappa shape index (κ2) is 8.65. The largest absolute Gasteiger partial charge is 0.477 e. The number of amides is 2. The predicted molar refractivity (Wildman–Crippen MR) is 112 cm³/mol. The third-order valence-corrected chi connectivity index (χ3v) is 7.73. The van der Waals surface area contributed by atoms with E-state index in [1.165, 1.54) is 44.4 Å². The molecule has 2 amide bonds. The summed E-state index contributed by atoms with van der Waals surface area (Å²) in [5.41, 5.74) is 0.600. The highest BCUT2D eigenvalue weighted by Gasteiger charge is 2.54. The average Bonchev–Trinajstić information content (AvgIpc) is 3.39. The van der Waals surface area contributed by atoms with Gasteiger partial charge in [0.15, 0.2) is 0 Å². The van der Waals surface area contributed by atoms with Crippen molar-refractivity contribution in [1.29, 1.82) is 0 Å². The molecule has 3 N–H and O–H groups in total. The number of β-lactam (4-membered cyclic amide) rings is 1. The minimum atomic E-state index is -1.16. The number of thiophene rings is 1. The number of rotatable bonds is 8. The Morgan fingerprint density at radius 1 is 1.43 bits per heavy atom. The third kappa shape index (κ3) is 4.02. The number of carboxylic acid groups (broad SMARTS) is 1. The van der Waals surface area contributed by atoms with Crippen LogP contribution >= 0.6 is 34.9 Å². The van der Waals surface area contributed by atoms with Gasteiger partial charge >= 0.3 is 5.97 Å². The van der Waals surface area contributed by atoms with Gasteiger partial charge in [-0.1, -0.05) is 11.8 Å². The first kappa shape index (κ1) is 20.7. The van der Waals surface area contributed by atoms with Gasteiger partial charge in [0.1, 0.15) is 17.1 Å². The highest BCUT2D eigenvalue weighted by Crippen LogP contribution is 2.41. The number of carbonyl (C=O) groups excluding carboxylic acids is 2. The smallest absolute Gasteiger partial charge is 0.352 e. The van der Waals surface area contributed by atoms with E-state index in [9.17, 15) is 19.5 Å². The van der Waals surface area contributed by atoms with Gasteiger partial charge in [-0.05, 0) is 33.5 Å². The number of hydrogen-bond donors (Lipinski definition) is 3. The summed E-state index contributed by atoms with van der Waals surface area (Å²) in [5.74, 6) is -1.12. The molecule has 2 aliphatic rings. The fourth-order valence-electron chi connectivity index (χ4n) is 3.06. The molecule has 4 heterocycles. The maximum Gasteiger partial charge on any atom is 0.352 e. The molecule has 0 spiro atoms. The van der Waals surface area contributed by atoms with Gasteiger partial charge in [-0.25, -0.2) is 9.48 Å². The monoisotopic (exact) mass is 467 g/mol. The van der Waals surface area contributed by atoms with E-state index in [-0.39, 0.29) is 18.1 Å². The maximum atomic E-state index is 12.7. The fraction of sp³-hybridized carbons (Fsp3) is 0.375. The summed E-state index contributed by atoms with van der Waals surface area (Å²) >= 11 is 4.21. The molecule has 1 fully saturated rings. The van der Waals surface area contributed by atoms with Crippen molar-refractivity contribution in [3.63, 3.8) is 0 Å². The van der Waals surface area contributed by atoms with Crippen molar-refractivity contribution in [1.82, 2.24) is 30.4 Å². The first-order valence-corrected chi connectivity index (χ1v) is 11.7. The van der Waals surface area contributed by atoms with Crippen LogP contribution < -0.4 is 10.6 Å². The number of thioether (sulfide) groups is 2. The molecule has 1 saturated heterocycles. The van der Waals surface area contributed by atoms with Gasteiger partial charge in [0.2, 0.25) is 11.1 Å². The van der Waals surface area contributed by atoms with Crippen molar-refractivity contribution >= 4 is 57.6 Å². The zero-order chi connectivity index (χ0) is 21.3. The third-order valence-electron chi connectivity index (χ3n) is 4.47. The number of hydrogen-bond acceptors (Lipinski definition) is 10. The van der Waals surface area contributed by atoms with Crippen LogP contribution in [0, 0.1) is 0 Å². The lowest BCUT2D eigenvalue weighted by molar-refractivity contribution is -0.150. The molecule has 4 rings (SSSR count). The van der Waals surface area contributed by atoms with E-state index in [0.29, 0.717) is 22.2 Å². The van der Waals surface area contributed by atoms with Crippen molar-refractivity contribution in [2.75, 3.05) is 23.4 Å². The summed E-state index contributed by atoms with van der Waals surface area (Å²) in [6, 6.07) is 2.98. The molecule has 14 heteroatoms. The molecule has 2 atom stereocenters. The van der Waals surface area contributed by atoms with Gasteiger partial charge in [0.25, 0.3) is 5.91 Å². The zero-order valence-corrected chi connectivity index (χ0v) is 18.1. The highest BCUT2D eigenvalue weighted by molar-refractivity contribution is 8.01. The number of aliphatic carboxylic acids is 1. The zero-order valence-electron chi connectivity index (χ0n) is 15.6. The van der Waals surface area contributed by atoms with Crippen molar-refractivity contribution in [3.05, 3.63) is 28.8 Å². The molecule has 2 aliphatic heterocycles. The van der Waals surface area contributed by atoms with Crippen LogP contribution in [0.1, 0.15) is 0 Å². The Morgan fingerprint density at radius 3 is 2.93 bits per heavy atom. The lowest BCUT2D eigenvalue weighted by atomic mass is 10.0. The van der Waals surface area contributed by atoms with Gasteiger partial charge in [0.05, 0.1) is 11.5 Å². The van der Waals surface area contributed by atoms with E-state index in [1.807, 2.05) is 17.5 Å². The van der Waals surface area contributed by atoms with Crippen LogP contribution in [-0.4, -0.2) is 77.5 Å². The van der Waals surface area contributed by atoms with Crippen LogP contribution in [0.4, 0.5) is 5.00 Å². The van der Waals surface area contributed by atoms with E-state index in [1.54, 1.807) is 7.05 Å². The number of carbonyl (C=O) groups is 3. The molecule has 158 valence electrons. The molecular formula is C16H17N7O4S3. The van der Waals surface area contributed by atoms with Gasteiger partial charge < -0.3 is 15.7 Å². The van der Waals surface area contributed by atoms with Crippen molar-refractivity contribution in [2.24, 2.45) is 7.05 Å². The fourth-order valence-corrected chi connectivity index (χ4v) is 6.01. The first-order chi connectivity index (χ1) is 14.5. The normalized spacial score (nSPS) is 20.6. The molecule has 2 aromatic heterocycles. The predicted octanol–water partition coefficient (Wildman–Crippen LogP) is 0.214. The number of tetrazole rings is 1. The summed E-state index contributed by atoms with van der Waals surface area (Å²) in [6.07, 6.45) is 0. The highest BCUT2D eigenvalue weighted by atomic mass is 32.2. The Bertz CT molecular complexity index is 1010. The standard InChI is InChI=1S/C16H17N7O4S3/c1-22-16(19-20-21-22)30-7-8-6-29-14-11(13(25)23(14)12(8)15(26)27)18-9(24)5-17-10-3-2-4-28-10/h2-4,11,14,17H,5-7H2,1H3,(H,18,24)(H,26,27)/t11?,14-/m0/s1. The van der Waals surface area contributed by atoms with Crippen molar-refractivity contribution in [2.45, 2.75) is 16.6 Å². The number of fused-ring (bicyclic) bond motifs is 1. The molecular weight excluding hydrogens is 450 g/mol. The van der Waals surface area contributed by atoms with Crippen molar-refractivity contribution in [3.8, 4) is 0 Å². The minimum absolute atomic E-state index is 0.0198. The SMILES string of the molecule is Cn1nnnc1SCC1=C(C(=O)O)N2C(=O)C(NC(=O)CNc3cccs3)[C@@H]2SC1. The molecule has 1 unspecified atom stereocenters. The molecule has 0 radical (unpaired) electrons. The average molecular weight is 468 g/mol. The van der Waals surface area contributed by atoms with Gasteiger partial charge in [-0.15, -0.1) is 28.2 Å². The summed E-state index contributed by atoms with van der Waals surface area (Å²) < 4.78 is 1.50. The summed E-state index contributed by atoms with van der Waals surface area (Å²) in [5, 5.41) is 29.4. The van der Waals surface area contributed by atoms with Crippen LogP contribution in [0.25, 0.3) is 0 Å². The maximum absolute atomic E-state index is 12.7. The van der Waals surface area contributed by atoms with E-state index in [0.717, 1.165) is 5.00 Å². The Hall–Kier alpha value is -2.58. The molecule has 0 aromatic carbocycles. The van der Waals surface area contributed by atoms with Crippen LogP contribution in [-0.2, 0) is 21.4 Å². The number of aryl methyl sites for hydroxylation is 1. The van der Waals surface area contributed by atoms with Crippen molar-refractivity contribution < 1.29 is 19.5 Å². The summed E-state index contributed by atoms with van der Waals surface area (Å²) in [4.78, 5) is 38.0. The molecule has 11 nitrogen and oxygen atoms in total. The Kier molecular flexibility index (Phi) is 5.97. The van der Waals surface area contributed by atoms with E-state index in [4.69, 9.17) is 0 Å². The Morgan fingerprint density at radius 2 is 2.27 bits per heavy atom. The van der Waals surface area contributed by atoms with Crippen LogP contribution in [0.2, 0.25) is 0 Å². The Labute approximate surface area is 183 Å². The number of nitrogens with zero attached hydrogens (tertiary/aromatic N) is 5. The second-order valence-electron chi connectivity index (χ2n) is 6.42. The number of anilines is 1. The number of carboxylic acids is 1. The molecule has 0 saturated carbocycles. The van der Waals surface area contributed by atoms with Crippen LogP contribution in [0.5, 0.6) is 0 Å². The van der Waals surface area contributed by atoms with E-state index < -0.39 is 23.3 Å². The summed E-state index contributed by atoms with van der Waals surface area (Å²) in [6.45, 7) is 0.0386. The molecule has 0 aliphatic carbocycles. The summed E-state index contributed by atoms with van der Waals surface area (Å²) in [7, 11) is 1.69. The lowest BCUT2D eigenvalue weighted by Gasteiger charge is -2.49. The molecule has 30 heavy (non-hydrogen) atoms. The van der Waals surface area contributed by atoms with Crippen LogP contribution in [0.3, 0.4) is 0 Å². The second-order valence-corrected chi connectivity index (χ2v) is 9.41. The minimum Gasteiger partial charge on any atom is -0.477 e. The number of aromatic nitrogens is 4. The van der Waals surface area contributed by atoms with Gasteiger partial charge in [-0.2, -0.15) is 0 Å². The number of nitrogens with one attached hydrogen (secondary N) is 2. The van der Waals surface area contributed by atoms with Gasteiger partial charge in [-0.3, -0.25) is 14.5 Å². The van der Waals surface area contributed by atoms with Crippen LogP contribution in [0.15, 0.2) is 33.9 Å². The topological polar surface area (TPSA) is 142 Å². The molecule has 2 aromatic rings.